The normalized spacial score (nSPS) is 10.1. The van der Waals surface area contributed by atoms with Gasteiger partial charge >= 0.3 is 0 Å². The molecule has 0 atom stereocenters. The van der Waals surface area contributed by atoms with Gasteiger partial charge in [0.15, 0.2) is 5.75 Å². The van der Waals surface area contributed by atoms with Crippen molar-refractivity contribution in [1.82, 2.24) is 0 Å². The minimum Gasteiger partial charge on any atom is -0.385 e. The van der Waals surface area contributed by atoms with Gasteiger partial charge < -0.3 is 4.29 Å². The predicted molar refractivity (Wildman–Crippen MR) is 50.4 cm³/mol. The van der Waals surface area contributed by atoms with Gasteiger partial charge in [-0.25, -0.2) is 0 Å². The number of fused-ring (bicyclic) bond motifs is 1. The van der Waals surface area contributed by atoms with Crippen molar-refractivity contribution in [2.24, 2.45) is 0 Å². The topological polar surface area (TPSA) is 9.23 Å². The van der Waals surface area contributed by atoms with Gasteiger partial charge in [0, 0.05) is 5.39 Å². The van der Waals surface area contributed by atoms with Crippen molar-refractivity contribution in [2.75, 3.05) is 0 Å². The zero-order valence-corrected chi connectivity index (χ0v) is 7.08. The van der Waals surface area contributed by atoms with Crippen LogP contribution in [-0.4, -0.2) is 0 Å². The number of hydrogen-bond acceptors (Lipinski definition) is 1. The Morgan fingerprint density at radius 1 is 0.917 bits per heavy atom. The number of halogens is 1. The van der Waals surface area contributed by atoms with Crippen LogP contribution in [0.15, 0.2) is 42.5 Å². The Hall–Kier alpha value is -1.21. The van der Waals surface area contributed by atoms with Crippen molar-refractivity contribution in [3.8, 4) is 5.75 Å². The summed E-state index contributed by atoms with van der Waals surface area (Å²) >= 11 is 5.31. The predicted octanol–water partition coefficient (Wildman–Crippen LogP) is 3.37. The molecule has 2 heteroatoms. The Kier molecular flexibility index (Phi) is 1.88. The van der Waals surface area contributed by atoms with E-state index >= 15 is 0 Å². The first-order chi connectivity index (χ1) is 5.92. The Morgan fingerprint density at radius 2 is 1.67 bits per heavy atom. The van der Waals surface area contributed by atoms with Crippen molar-refractivity contribution >= 4 is 22.6 Å². The lowest BCUT2D eigenvalue weighted by Gasteiger charge is -2.00. The highest BCUT2D eigenvalue weighted by molar-refractivity contribution is 6.10. The van der Waals surface area contributed by atoms with Crippen molar-refractivity contribution in [3.05, 3.63) is 42.5 Å². The molecule has 0 radical (unpaired) electrons. The summed E-state index contributed by atoms with van der Waals surface area (Å²) in [6.45, 7) is 0. The van der Waals surface area contributed by atoms with E-state index in [0.29, 0.717) is 5.75 Å². The molecule has 0 spiro atoms. The molecule has 0 saturated heterocycles. The first-order valence-corrected chi connectivity index (χ1v) is 3.99. The summed E-state index contributed by atoms with van der Waals surface area (Å²) in [4.78, 5) is 0. The Balaban J connectivity index is 2.79. The van der Waals surface area contributed by atoms with Gasteiger partial charge in [-0.15, -0.1) is 0 Å². The monoisotopic (exact) mass is 178 g/mol. The van der Waals surface area contributed by atoms with Gasteiger partial charge in [-0.2, -0.15) is 0 Å². The smallest absolute Gasteiger partial charge is 0.154 e. The highest BCUT2D eigenvalue weighted by Crippen LogP contribution is 2.25. The molecule has 1 nitrogen and oxygen atoms in total. The Bertz CT molecular complexity index is 392. The summed E-state index contributed by atoms with van der Waals surface area (Å²) in [5.41, 5.74) is 0. The molecule has 2 aromatic rings. The zero-order chi connectivity index (χ0) is 8.39. The minimum atomic E-state index is 0.703. The molecule has 0 aromatic heterocycles. The molecule has 2 aromatic carbocycles. The molecule has 0 aliphatic carbocycles. The molecule has 0 N–H and O–H groups in total. The minimum absolute atomic E-state index is 0.703. The molecule has 0 aliphatic rings. The third-order valence-corrected chi connectivity index (χ3v) is 2.00. The van der Waals surface area contributed by atoms with Crippen LogP contribution in [0, 0.1) is 0 Å². The lowest BCUT2D eigenvalue weighted by atomic mass is 10.1. The van der Waals surface area contributed by atoms with E-state index in [9.17, 15) is 0 Å². The Morgan fingerprint density at radius 3 is 2.50 bits per heavy atom. The number of rotatable bonds is 1. The molecule has 0 amide bonds. The Labute approximate surface area is 75.7 Å². The molecule has 12 heavy (non-hydrogen) atoms. The second-order valence-electron chi connectivity index (χ2n) is 2.55. The van der Waals surface area contributed by atoms with E-state index in [0.717, 1.165) is 10.8 Å². The highest BCUT2D eigenvalue weighted by atomic mass is 35.5. The zero-order valence-electron chi connectivity index (χ0n) is 6.33. The van der Waals surface area contributed by atoms with Gasteiger partial charge in [0.2, 0.25) is 0 Å². The second-order valence-corrected chi connectivity index (χ2v) is 2.71. The SMILES string of the molecule is ClOc1cccc2ccccc12. The van der Waals surface area contributed by atoms with Crippen LogP contribution in [0.4, 0.5) is 0 Å². The number of benzene rings is 2. The fourth-order valence-corrected chi connectivity index (χ4v) is 1.40. The molecule has 0 heterocycles. The average Bonchev–Trinajstić information content (AvgIpc) is 2.17. The van der Waals surface area contributed by atoms with Crippen LogP contribution >= 0.6 is 11.9 Å². The summed E-state index contributed by atoms with van der Waals surface area (Å²) in [6, 6.07) is 13.7. The fourth-order valence-electron chi connectivity index (χ4n) is 1.26. The van der Waals surface area contributed by atoms with E-state index in [1.807, 2.05) is 42.5 Å². The third-order valence-electron chi connectivity index (χ3n) is 1.83. The molecular formula is C10H7ClO. The quantitative estimate of drug-likeness (QED) is 0.651. The molecule has 2 rings (SSSR count). The van der Waals surface area contributed by atoms with E-state index < -0.39 is 0 Å². The lowest BCUT2D eigenvalue weighted by molar-refractivity contribution is 0.627. The van der Waals surface area contributed by atoms with Gasteiger partial charge in [0.25, 0.3) is 0 Å². The van der Waals surface area contributed by atoms with Gasteiger partial charge in [-0.3, -0.25) is 0 Å². The van der Waals surface area contributed by atoms with E-state index in [2.05, 4.69) is 0 Å². The summed E-state index contributed by atoms with van der Waals surface area (Å²) < 4.78 is 4.70. The van der Waals surface area contributed by atoms with Crippen molar-refractivity contribution in [3.63, 3.8) is 0 Å². The molecule has 60 valence electrons. The summed E-state index contributed by atoms with van der Waals surface area (Å²) in [7, 11) is 0. The molecular weight excluding hydrogens is 172 g/mol. The van der Waals surface area contributed by atoms with Gasteiger partial charge in [0.1, 0.15) is 11.9 Å². The maximum Gasteiger partial charge on any atom is 0.154 e. The maximum atomic E-state index is 5.31. The fraction of sp³-hybridized carbons (Fsp3) is 0. The van der Waals surface area contributed by atoms with Gasteiger partial charge in [-0.05, 0) is 11.5 Å². The third kappa shape index (κ3) is 1.12. The highest BCUT2D eigenvalue weighted by Gasteiger charge is 1.98. The first-order valence-electron chi connectivity index (χ1n) is 3.68. The van der Waals surface area contributed by atoms with Gasteiger partial charge in [0.05, 0.1) is 0 Å². The summed E-state index contributed by atoms with van der Waals surface area (Å²) in [6.07, 6.45) is 0. The molecule has 0 unspecified atom stereocenters. The molecule has 0 fully saturated rings. The molecule has 0 bridgehead atoms. The standard InChI is InChI=1S/C10H7ClO/c11-12-10-7-3-5-8-4-1-2-6-9(8)10/h1-7H. The molecule has 0 aliphatic heterocycles. The maximum absolute atomic E-state index is 5.31. The van der Waals surface area contributed by atoms with Crippen LogP contribution in [0.25, 0.3) is 10.8 Å². The number of hydrogen-bond donors (Lipinski definition) is 0. The van der Waals surface area contributed by atoms with Crippen LogP contribution in [-0.2, 0) is 0 Å². The van der Waals surface area contributed by atoms with E-state index in [1.54, 1.807) is 0 Å². The van der Waals surface area contributed by atoms with E-state index in [4.69, 9.17) is 16.2 Å². The second kappa shape index (κ2) is 3.03. The summed E-state index contributed by atoms with van der Waals surface area (Å²) in [5.74, 6) is 0.703. The van der Waals surface area contributed by atoms with E-state index in [1.165, 1.54) is 0 Å². The van der Waals surface area contributed by atoms with E-state index in [-0.39, 0.29) is 0 Å². The van der Waals surface area contributed by atoms with Crippen molar-refractivity contribution in [1.29, 1.82) is 0 Å². The largest absolute Gasteiger partial charge is 0.385 e. The first kappa shape index (κ1) is 7.44. The van der Waals surface area contributed by atoms with Crippen molar-refractivity contribution < 1.29 is 4.29 Å². The van der Waals surface area contributed by atoms with Crippen LogP contribution < -0.4 is 4.29 Å². The van der Waals surface area contributed by atoms with Crippen LogP contribution in [0.1, 0.15) is 0 Å². The summed E-state index contributed by atoms with van der Waals surface area (Å²) in [5, 5.41) is 2.17. The van der Waals surface area contributed by atoms with Crippen LogP contribution in [0.2, 0.25) is 0 Å². The van der Waals surface area contributed by atoms with Gasteiger partial charge in [-0.1, -0.05) is 36.4 Å². The lowest BCUT2D eigenvalue weighted by Crippen LogP contribution is -1.77. The van der Waals surface area contributed by atoms with Crippen LogP contribution in [0.3, 0.4) is 0 Å². The molecule has 0 saturated carbocycles. The van der Waals surface area contributed by atoms with Crippen molar-refractivity contribution in [2.45, 2.75) is 0 Å². The average molecular weight is 179 g/mol. The van der Waals surface area contributed by atoms with Crippen LogP contribution in [0.5, 0.6) is 5.75 Å².